The molecule has 0 bridgehead atoms. The van der Waals surface area contributed by atoms with Crippen LogP contribution in [0.2, 0.25) is 0 Å². The zero-order valence-corrected chi connectivity index (χ0v) is 8.14. The number of non-ortho nitro benzene ring substituents is 1. The molecule has 0 aromatic heterocycles. The van der Waals surface area contributed by atoms with Gasteiger partial charge in [-0.05, 0) is 5.56 Å². The number of nitrogens with two attached hydrogens (primary N) is 1. The monoisotopic (exact) mass is 232 g/mol. The Hall–Kier alpha value is -1.60. The summed E-state index contributed by atoms with van der Waals surface area (Å²) in [5.74, 6) is -3.50. The number of nitro benzene ring substituents is 1. The van der Waals surface area contributed by atoms with Crippen LogP contribution in [-0.2, 0) is 0 Å². The third-order valence-electron chi connectivity index (χ3n) is 2.11. The maximum Gasteiger partial charge on any atom is 0.289 e. The molecule has 88 valence electrons. The van der Waals surface area contributed by atoms with Crippen LogP contribution in [0.5, 0.6) is 0 Å². The summed E-state index contributed by atoms with van der Waals surface area (Å²) in [4.78, 5) is 9.72. The largest absolute Gasteiger partial charge is 0.390 e. The predicted molar refractivity (Wildman–Crippen MR) is 52.1 cm³/mol. The fourth-order valence-electron chi connectivity index (χ4n) is 1.17. The molecule has 1 aromatic carbocycles. The van der Waals surface area contributed by atoms with Crippen LogP contribution in [0, 0.1) is 10.1 Å². The van der Waals surface area contributed by atoms with Crippen LogP contribution in [0.1, 0.15) is 11.6 Å². The van der Waals surface area contributed by atoms with Gasteiger partial charge in [0.15, 0.2) is 0 Å². The topological polar surface area (TPSA) is 89.4 Å². The van der Waals surface area contributed by atoms with Gasteiger partial charge in [0.1, 0.15) is 6.61 Å². The highest BCUT2D eigenvalue weighted by Crippen LogP contribution is 2.30. The molecular weight excluding hydrogens is 222 g/mol. The Labute approximate surface area is 89.6 Å². The van der Waals surface area contributed by atoms with Gasteiger partial charge in [0.25, 0.3) is 11.6 Å². The number of benzene rings is 1. The van der Waals surface area contributed by atoms with Crippen molar-refractivity contribution in [3.8, 4) is 0 Å². The van der Waals surface area contributed by atoms with Crippen molar-refractivity contribution in [3.05, 3.63) is 39.9 Å². The van der Waals surface area contributed by atoms with Gasteiger partial charge in [-0.3, -0.25) is 10.1 Å². The number of aliphatic hydroxyl groups excluding tert-OH is 1. The highest BCUT2D eigenvalue weighted by atomic mass is 19.3. The standard InChI is InChI=1S/C9H10F2N2O3/c10-9(11,5-14)8(12)6-2-1-3-7(4-6)13(15)16/h1-4,8,14H,5,12H2/t8-/m1/s1. The summed E-state index contributed by atoms with van der Waals surface area (Å²) in [7, 11) is 0. The first-order valence-corrected chi connectivity index (χ1v) is 4.37. The van der Waals surface area contributed by atoms with E-state index >= 15 is 0 Å². The molecule has 1 atom stereocenters. The van der Waals surface area contributed by atoms with Crippen molar-refractivity contribution in [2.24, 2.45) is 5.73 Å². The first-order valence-electron chi connectivity index (χ1n) is 4.37. The summed E-state index contributed by atoms with van der Waals surface area (Å²) in [5.41, 5.74) is 4.81. The Bertz CT molecular complexity index is 398. The molecule has 0 heterocycles. The lowest BCUT2D eigenvalue weighted by atomic mass is 10.0. The fraction of sp³-hybridized carbons (Fsp3) is 0.333. The summed E-state index contributed by atoms with van der Waals surface area (Å²) in [5, 5.41) is 18.9. The summed E-state index contributed by atoms with van der Waals surface area (Å²) >= 11 is 0. The number of nitrogens with zero attached hydrogens (tertiary/aromatic N) is 1. The van der Waals surface area contributed by atoms with E-state index in [1.807, 2.05) is 0 Å². The maximum absolute atomic E-state index is 13.0. The molecule has 1 rings (SSSR count). The third kappa shape index (κ3) is 2.50. The molecule has 0 aliphatic carbocycles. The first-order chi connectivity index (χ1) is 7.38. The normalized spacial score (nSPS) is 13.5. The van der Waals surface area contributed by atoms with Gasteiger partial charge in [-0.25, -0.2) is 8.78 Å². The van der Waals surface area contributed by atoms with Crippen LogP contribution in [-0.4, -0.2) is 22.6 Å². The van der Waals surface area contributed by atoms with Crippen LogP contribution < -0.4 is 5.73 Å². The van der Waals surface area contributed by atoms with Gasteiger partial charge in [-0.2, -0.15) is 0 Å². The van der Waals surface area contributed by atoms with E-state index in [1.54, 1.807) is 0 Å². The van der Waals surface area contributed by atoms with Crippen molar-refractivity contribution in [2.75, 3.05) is 6.61 Å². The van der Waals surface area contributed by atoms with Gasteiger partial charge in [-0.15, -0.1) is 0 Å². The number of hydrogen-bond acceptors (Lipinski definition) is 4. The van der Waals surface area contributed by atoms with Crippen LogP contribution in [0.4, 0.5) is 14.5 Å². The van der Waals surface area contributed by atoms with E-state index in [-0.39, 0.29) is 11.3 Å². The number of aliphatic hydroxyl groups is 1. The average molecular weight is 232 g/mol. The highest BCUT2D eigenvalue weighted by molar-refractivity contribution is 5.36. The molecule has 0 aliphatic heterocycles. The number of hydrogen-bond donors (Lipinski definition) is 2. The van der Waals surface area contributed by atoms with Crippen LogP contribution >= 0.6 is 0 Å². The Morgan fingerprint density at radius 3 is 2.69 bits per heavy atom. The third-order valence-corrected chi connectivity index (χ3v) is 2.11. The quantitative estimate of drug-likeness (QED) is 0.603. The second-order valence-electron chi connectivity index (χ2n) is 3.25. The molecule has 16 heavy (non-hydrogen) atoms. The lowest BCUT2D eigenvalue weighted by Crippen LogP contribution is -2.36. The maximum atomic E-state index is 13.0. The van der Waals surface area contributed by atoms with E-state index in [1.165, 1.54) is 18.2 Å². The van der Waals surface area contributed by atoms with E-state index in [9.17, 15) is 18.9 Å². The van der Waals surface area contributed by atoms with E-state index in [4.69, 9.17) is 10.8 Å². The van der Waals surface area contributed by atoms with Crippen molar-refractivity contribution >= 4 is 5.69 Å². The summed E-state index contributed by atoms with van der Waals surface area (Å²) < 4.78 is 26.0. The molecule has 0 radical (unpaired) electrons. The van der Waals surface area contributed by atoms with Gasteiger partial charge >= 0.3 is 0 Å². The smallest absolute Gasteiger partial charge is 0.289 e. The fourth-order valence-corrected chi connectivity index (χ4v) is 1.17. The molecule has 0 unspecified atom stereocenters. The van der Waals surface area contributed by atoms with Crippen LogP contribution in [0.15, 0.2) is 24.3 Å². The average Bonchev–Trinajstić information content (AvgIpc) is 2.28. The zero-order chi connectivity index (χ0) is 12.3. The molecule has 3 N–H and O–H groups in total. The van der Waals surface area contributed by atoms with Crippen LogP contribution in [0.25, 0.3) is 0 Å². The van der Waals surface area contributed by atoms with E-state index in [0.29, 0.717) is 0 Å². The Morgan fingerprint density at radius 1 is 1.56 bits per heavy atom. The highest BCUT2D eigenvalue weighted by Gasteiger charge is 2.37. The lowest BCUT2D eigenvalue weighted by molar-refractivity contribution is -0.385. The number of alkyl halides is 2. The second-order valence-corrected chi connectivity index (χ2v) is 3.25. The summed E-state index contributed by atoms with van der Waals surface area (Å²) in [6.07, 6.45) is 0. The number of rotatable bonds is 4. The summed E-state index contributed by atoms with van der Waals surface area (Å²) in [6, 6.07) is 2.89. The Balaban J connectivity index is 3.05. The molecule has 7 heteroatoms. The van der Waals surface area contributed by atoms with Crippen molar-refractivity contribution in [1.29, 1.82) is 0 Å². The van der Waals surface area contributed by atoms with E-state index < -0.39 is 23.5 Å². The minimum absolute atomic E-state index is 0.0896. The number of nitro groups is 1. The summed E-state index contributed by atoms with van der Waals surface area (Å²) in [6.45, 7) is -1.41. The second kappa shape index (κ2) is 4.50. The minimum Gasteiger partial charge on any atom is -0.390 e. The van der Waals surface area contributed by atoms with Crippen molar-refractivity contribution < 1.29 is 18.8 Å². The molecule has 0 amide bonds. The van der Waals surface area contributed by atoms with Gasteiger partial charge in [0, 0.05) is 12.1 Å². The first kappa shape index (κ1) is 12.5. The molecule has 1 aromatic rings. The van der Waals surface area contributed by atoms with Gasteiger partial charge in [-0.1, -0.05) is 12.1 Å². The zero-order valence-electron chi connectivity index (χ0n) is 8.14. The Morgan fingerprint density at radius 2 is 2.19 bits per heavy atom. The lowest BCUT2D eigenvalue weighted by Gasteiger charge is -2.21. The van der Waals surface area contributed by atoms with Crippen LogP contribution in [0.3, 0.4) is 0 Å². The SMILES string of the molecule is N[C@H](c1cccc([N+](=O)[O-])c1)C(F)(F)CO. The molecular formula is C9H10F2N2O3. The van der Waals surface area contributed by atoms with Crippen molar-refractivity contribution in [1.82, 2.24) is 0 Å². The molecule has 0 aliphatic rings. The number of halogens is 2. The van der Waals surface area contributed by atoms with Gasteiger partial charge < -0.3 is 10.8 Å². The molecule has 0 fully saturated rings. The van der Waals surface area contributed by atoms with Crippen molar-refractivity contribution in [3.63, 3.8) is 0 Å². The minimum atomic E-state index is -3.50. The van der Waals surface area contributed by atoms with Gasteiger partial charge in [0.2, 0.25) is 0 Å². The van der Waals surface area contributed by atoms with E-state index in [2.05, 4.69) is 0 Å². The van der Waals surface area contributed by atoms with E-state index in [0.717, 1.165) is 6.07 Å². The molecule has 0 saturated heterocycles. The molecule has 0 spiro atoms. The van der Waals surface area contributed by atoms with Gasteiger partial charge in [0.05, 0.1) is 11.0 Å². The molecule has 5 nitrogen and oxygen atoms in total. The predicted octanol–water partition coefficient (Wildman–Crippen LogP) is 1.22. The molecule has 0 saturated carbocycles. The van der Waals surface area contributed by atoms with Crippen molar-refractivity contribution in [2.45, 2.75) is 12.0 Å². The Kier molecular flexibility index (Phi) is 3.51.